The third-order valence-corrected chi connectivity index (χ3v) is 4.81. The lowest BCUT2D eigenvalue weighted by atomic mass is 10.0. The first-order valence-corrected chi connectivity index (χ1v) is 10.9. The Morgan fingerprint density at radius 2 is 1.48 bits per heavy atom. The van der Waals surface area contributed by atoms with Gasteiger partial charge in [0, 0.05) is 18.3 Å². The van der Waals surface area contributed by atoms with Gasteiger partial charge in [0.15, 0.2) is 0 Å². The normalized spacial score (nSPS) is 14.9. The molecule has 0 aliphatic carbocycles. The van der Waals surface area contributed by atoms with E-state index in [0.29, 0.717) is 12.1 Å². The number of aromatic amines is 1. The average molecular weight is 469 g/mol. The summed E-state index contributed by atoms with van der Waals surface area (Å²) in [5, 5.41) is 26.3. The molecule has 186 valence electrons. The summed E-state index contributed by atoms with van der Waals surface area (Å²) in [6.45, 7) is 6.68. The van der Waals surface area contributed by atoms with Gasteiger partial charge in [0.25, 0.3) is 0 Å². The highest BCUT2D eigenvalue weighted by molar-refractivity contribution is 5.94. The summed E-state index contributed by atoms with van der Waals surface area (Å²) in [5.41, 5.74) is 6.47. The second-order valence-corrected chi connectivity index (χ2v) is 8.85. The molecule has 0 radical (unpaired) electrons. The van der Waals surface area contributed by atoms with E-state index in [4.69, 9.17) is 5.73 Å². The van der Waals surface area contributed by atoms with Gasteiger partial charge in [0.05, 0.1) is 19.0 Å². The molecule has 0 saturated carbocycles. The minimum absolute atomic E-state index is 0.00221. The van der Waals surface area contributed by atoms with Gasteiger partial charge in [-0.3, -0.25) is 14.4 Å². The van der Waals surface area contributed by atoms with E-state index >= 15 is 0 Å². The summed E-state index contributed by atoms with van der Waals surface area (Å²) in [4.78, 5) is 56.1. The number of carbonyl (C=O) groups is 4. The number of carbonyl (C=O) groups excluding carboxylic acids is 3. The van der Waals surface area contributed by atoms with Crippen molar-refractivity contribution in [3.63, 3.8) is 0 Å². The maximum absolute atomic E-state index is 12.9. The van der Waals surface area contributed by atoms with Gasteiger partial charge in [0.2, 0.25) is 17.7 Å². The molecule has 0 spiro atoms. The molecule has 0 aliphatic rings. The summed E-state index contributed by atoms with van der Waals surface area (Å²) < 4.78 is 0. The Labute approximate surface area is 193 Å². The highest BCUT2D eigenvalue weighted by Gasteiger charge is 2.30. The smallest absolute Gasteiger partial charge is 0.326 e. The summed E-state index contributed by atoms with van der Waals surface area (Å²) in [7, 11) is 0. The molecule has 0 saturated heterocycles. The molecule has 1 heterocycles. The van der Waals surface area contributed by atoms with Crippen molar-refractivity contribution in [1.82, 2.24) is 25.9 Å². The van der Waals surface area contributed by atoms with Crippen molar-refractivity contribution in [3.05, 3.63) is 18.2 Å². The van der Waals surface area contributed by atoms with Crippen LogP contribution in [0.4, 0.5) is 0 Å². The molecule has 8 N–H and O–H groups in total. The number of hydrogen-bond donors (Lipinski definition) is 7. The number of nitrogens with two attached hydrogens (primary N) is 1. The van der Waals surface area contributed by atoms with Crippen LogP contribution in [0.1, 0.15) is 46.2 Å². The number of imidazole rings is 1. The van der Waals surface area contributed by atoms with E-state index in [-0.39, 0.29) is 24.7 Å². The first-order chi connectivity index (χ1) is 15.4. The maximum Gasteiger partial charge on any atom is 0.326 e. The molecule has 0 aromatic carbocycles. The van der Waals surface area contributed by atoms with Crippen LogP contribution in [0.15, 0.2) is 12.5 Å². The highest BCUT2D eigenvalue weighted by Crippen LogP contribution is 2.07. The summed E-state index contributed by atoms with van der Waals surface area (Å²) >= 11 is 0. The van der Waals surface area contributed by atoms with Gasteiger partial charge in [-0.1, -0.05) is 27.7 Å². The Balaban J connectivity index is 2.92. The van der Waals surface area contributed by atoms with Crippen LogP contribution in [-0.4, -0.2) is 74.6 Å². The zero-order chi connectivity index (χ0) is 25.1. The molecule has 1 aromatic rings. The number of aliphatic carboxylic acids is 1. The van der Waals surface area contributed by atoms with Gasteiger partial charge in [-0.15, -0.1) is 0 Å². The Morgan fingerprint density at radius 3 is 1.97 bits per heavy atom. The number of carboxylic acids is 1. The lowest BCUT2D eigenvalue weighted by Gasteiger charge is -2.24. The van der Waals surface area contributed by atoms with Crippen molar-refractivity contribution >= 4 is 23.7 Å². The minimum Gasteiger partial charge on any atom is -0.480 e. The average Bonchev–Trinajstić information content (AvgIpc) is 3.22. The second kappa shape index (κ2) is 13.5. The third-order valence-electron chi connectivity index (χ3n) is 4.81. The minimum atomic E-state index is -1.41. The van der Waals surface area contributed by atoms with E-state index in [1.54, 1.807) is 13.8 Å². The topological polar surface area (TPSA) is 200 Å². The van der Waals surface area contributed by atoms with Crippen molar-refractivity contribution in [1.29, 1.82) is 0 Å². The summed E-state index contributed by atoms with van der Waals surface area (Å²) in [6.07, 6.45) is 3.54. The van der Waals surface area contributed by atoms with Crippen molar-refractivity contribution in [2.45, 2.75) is 71.1 Å². The molecule has 4 atom stereocenters. The van der Waals surface area contributed by atoms with Gasteiger partial charge in [-0.25, -0.2) is 9.78 Å². The van der Waals surface area contributed by atoms with Crippen molar-refractivity contribution in [2.75, 3.05) is 6.61 Å². The van der Waals surface area contributed by atoms with E-state index in [0.717, 1.165) is 0 Å². The maximum atomic E-state index is 12.9. The lowest BCUT2D eigenvalue weighted by molar-refractivity contribution is -0.143. The Morgan fingerprint density at radius 1 is 0.939 bits per heavy atom. The highest BCUT2D eigenvalue weighted by atomic mass is 16.4. The Hall–Kier alpha value is -2.99. The van der Waals surface area contributed by atoms with Crippen LogP contribution < -0.4 is 21.7 Å². The molecule has 12 heteroatoms. The number of aliphatic hydroxyl groups excluding tert-OH is 1. The number of nitrogens with one attached hydrogen (secondary N) is 4. The van der Waals surface area contributed by atoms with Crippen LogP contribution in [0.2, 0.25) is 0 Å². The predicted octanol–water partition coefficient (Wildman–Crippen LogP) is -1.10. The van der Waals surface area contributed by atoms with Gasteiger partial charge in [-0.05, 0) is 24.7 Å². The summed E-state index contributed by atoms with van der Waals surface area (Å²) in [6, 6.07) is -4.51. The molecule has 3 amide bonds. The second-order valence-electron chi connectivity index (χ2n) is 8.85. The quantitative estimate of drug-likeness (QED) is 0.178. The number of H-pyrrole nitrogens is 1. The van der Waals surface area contributed by atoms with Crippen LogP contribution in [0.3, 0.4) is 0 Å². The van der Waals surface area contributed by atoms with Gasteiger partial charge in [-0.2, -0.15) is 0 Å². The SMILES string of the molecule is CC(C)CC(N)C(=O)NC(Cc1cnc[nH]1)C(=O)NC(CO)C(=O)NC(CC(C)C)C(=O)O. The first-order valence-electron chi connectivity index (χ1n) is 10.9. The van der Waals surface area contributed by atoms with Gasteiger partial charge < -0.3 is 36.9 Å². The number of carboxylic acid groups (broad SMARTS) is 1. The van der Waals surface area contributed by atoms with Crippen molar-refractivity contribution < 1.29 is 29.4 Å². The van der Waals surface area contributed by atoms with Crippen LogP contribution in [-0.2, 0) is 25.6 Å². The molecule has 12 nitrogen and oxygen atoms in total. The number of aliphatic hydroxyl groups is 1. The molecule has 33 heavy (non-hydrogen) atoms. The van der Waals surface area contributed by atoms with Crippen LogP contribution in [0.5, 0.6) is 0 Å². The molecular weight excluding hydrogens is 432 g/mol. The van der Waals surface area contributed by atoms with E-state index in [2.05, 4.69) is 25.9 Å². The molecule has 0 fully saturated rings. The monoisotopic (exact) mass is 468 g/mol. The zero-order valence-corrected chi connectivity index (χ0v) is 19.5. The Bertz CT molecular complexity index is 782. The van der Waals surface area contributed by atoms with E-state index in [1.165, 1.54) is 12.5 Å². The number of rotatable bonds is 14. The molecule has 1 aromatic heterocycles. The Kier molecular flexibility index (Phi) is 11.5. The number of nitrogens with zero attached hydrogens (tertiary/aromatic N) is 1. The predicted molar refractivity (Wildman–Crippen MR) is 120 cm³/mol. The molecular formula is C21H36N6O6. The zero-order valence-electron chi connectivity index (χ0n) is 19.5. The van der Waals surface area contributed by atoms with Crippen molar-refractivity contribution in [3.8, 4) is 0 Å². The molecule has 0 aliphatic heterocycles. The molecule has 0 bridgehead atoms. The molecule has 4 unspecified atom stereocenters. The number of amides is 3. The van der Waals surface area contributed by atoms with Crippen LogP contribution in [0, 0.1) is 11.8 Å². The van der Waals surface area contributed by atoms with Gasteiger partial charge >= 0.3 is 5.97 Å². The fourth-order valence-electron chi connectivity index (χ4n) is 3.15. The standard InChI is InChI=1S/C21H36N6O6/c1-11(2)5-14(22)18(29)25-15(7-13-8-23-10-24-13)19(30)27-17(9-28)20(31)26-16(21(32)33)6-12(3)4/h8,10-12,14-17,28H,5-7,9,22H2,1-4H3,(H,23,24)(H,25,29)(H,26,31)(H,27,30)(H,32,33). The van der Waals surface area contributed by atoms with Crippen molar-refractivity contribution in [2.24, 2.45) is 17.6 Å². The largest absolute Gasteiger partial charge is 0.480 e. The van der Waals surface area contributed by atoms with Crippen LogP contribution >= 0.6 is 0 Å². The first kappa shape index (κ1) is 28.0. The van der Waals surface area contributed by atoms with E-state index in [1.807, 2.05) is 13.8 Å². The van der Waals surface area contributed by atoms with E-state index in [9.17, 15) is 29.4 Å². The molecule has 1 rings (SSSR count). The van der Waals surface area contributed by atoms with Crippen LogP contribution in [0.25, 0.3) is 0 Å². The lowest BCUT2D eigenvalue weighted by Crippen LogP contribution is -2.58. The van der Waals surface area contributed by atoms with Gasteiger partial charge in [0.1, 0.15) is 18.1 Å². The fraction of sp³-hybridized carbons (Fsp3) is 0.667. The fourth-order valence-corrected chi connectivity index (χ4v) is 3.15. The summed E-state index contributed by atoms with van der Waals surface area (Å²) in [5.74, 6) is -3.17. The van der Waals surface area contributed by atoms with E-state index < -0.39 is 54.5 Å². The number of hydrogen-bond acceptors (Lipinski definition) is 7. The third kappa shape index (κ3) is 10.00. The number of aromatic nitrogens is 2.